The van der Waals surface area contributed by atoms with E-state index in [0.29, 0.717) is 12.5 Å². The van der Waals surface area contributed by atoms with Crippen molar-refractivity contribution in [2.75, 3.05) is 6.61 Å². The minimum atomic E-state index is 0.402. The van der Waals surface area contributed by atoms with Crippen LogP contribution in [0.1, 0.15) is 18.2 Å². The summed E-state index contributed by atoms with van der Waals surface area (Å²) in [6, 6.07) is 10.0. The Balaban J connectivity index is 2.13. The van der Waals surface area contributed by atoms with Gasteiger partial charge in [0.05, 0.1) is 23.9 Å². The number of alkyl halides is 1. The number of nitrogens with zero attached hydrogens (tertiary/aromatic N) is 2. The van der Waals surface area contributed by atoms with Crippen LogP contribution in [0.3, 0.4) is 0 Å². The quantitative estimate of drug-likeness (QED) is 0.582. The fraction of sp³-hybridized carbons (Fsp3) is 0.235. The molecule has 3 aromatic rings. The summed E-state index contributed by atoms with van der Waals surface area (Å²) in [5.74, 6) is 1.26. The maximum atomic E-state index is 6.17. The molecule has 0 aliphatic heterocycles. The number of rotatable bonds is 4. The number of hydrogen-bond donors (Lipinski definition) is 0. The lowest BCUT2D eigenvalue weighted by Gasteiger charge is -2.05. The molecule has 0 radical (unpaired) electrons. The Morgan fingerprint density at radius 3 is 2.64 bits per heavy atom. The normalized spacial score (nSPS) is 11.1. The molecule has 3 nitrogen and oxygen atoms in total. The highest BCUT2D eigenvalue weighted by atomic mass is 79.9. The van der Waals surface area contributed by atoms with Crippen molar-refractivity contribution in [2.45, 2.75) is 19.7 Å². The third-order valence-corrected chi connectivity index (χ3v) is 4.65. The van der Waals surface area contributed by atoms with Crippen LogP contribution in [0.15, 0.2) is 41.0 Å². The minimum absolute atomic E-state index is 0.402. The van der Waals surface area contributed by atoms with Gasteiger partial charge in [-0.3, -0.25) is 0 Å². The number of pyridine rings is 1. The molecule has 114 valence electrons. The minimum Gasteiger partial charge on any atom is -0.494 e. The molecule has 22 heavy (non-hydrogen) atoms. The molecule has 0 saturated heterocycles. The lowest BCUT2D eigenvalue weighted by molar-refractivity contribution is 0.340. The third-order valence-electron chi connectivity index (χ3n) is 3.57. The van der Waals surface area contributed by atoms with Gasteiger partial charge in [-0.1, -0.05) is 0 Å². The van der Waals surface area contributed by atoms with Crippen LogP contribution in [-0.4, -0.2) is 16.0 Å². The Morgan fingerprint density at radius 2 is 2.00 bits per heavy atom. The van der Waals surface area contributed by atoms with Crippen molar-refractivity contribution in [3.63, 3.8) is 0 Å². The molecule has 0 saturated carbocycles. The zero-order chi connectivity index (χ0) is 15.7. The second kappa shape index (κ2) is 6.31. The Hall–Kier alpha value is -1.52. The van der Waals surface area contributed by atoms with E-state index < -0.39 is 0 Å². The van der Waals surface area contributed by atoms with Gasteiger partial charge < -0.3 is 9.14 Å². The lowest BCUT2D eigenvalue weighted by Crippen LogP contribution is -1.93. The average Bonchev–Trinajstić information content (AvgIpc) is 2.86. The molecular weight excluding hydrogens is 364 g/mol. The fourth-order valence-electron chi connectivity index (χ4n) is 2.44. The molecule has 0 spiro atoms. The Bertz CT molecular complexity index is 812. The second-order valence-corrected chi connectivity index (χ2v) is 6.15. The van der Waals surface area contributed by atoms with Crippen molar-refractivity contribution in [2.24, 2.45) is 0 Å². The van der Waals surface area contributed by atoms with Gasteiger partial charge in [0.25, 0.3) is 0 Å². The van der Waals surface area contributed by atoms with Crippen LogP contribution in [0, 0.1) is 6.92 Å². The molecule has 1 aromatic carbocycles. The van der Waals surface area contributed by atoms with E-state index in [-0.39, 0.29) is 0 Å². The summed E-state index contributed by atoms with van der Waals surface area (Å²) >= 11 is 9.74. The predicted octanol–water partition coefficient (Wildman–Crippen LogP) is 5.21. The first-order chi connectivity index (χ1) is 10.6. The van der Waals surface area contributed by atoms with E-state index in [1.807, 2.05) is 41.8 Å². The molecule has 0 unspecified atom stereocenters. The van der Waals surface area contributed by atoms with E-state index >= 15 is 0 Å². The molecule has 5 heteroatoms. The predicted molar refractivity (Wildman–Crippen MR) is 93.8 cm³/mol. The number of hydrogen-bond acceptors (Lipinski definition) is 2. The molecule has 2 aromatic heterocycles. The number of ether oxygens (including phenoxy) is 1. The van der Waals surface area contributed by atoms with E-state index in [2.05, 4.69) is 28.9 Å². The van der Waals surface area contributed by atoms with E-state index in [1.54, 1.807) is 0 Å². The molecule has 0 bridgehead atoms. The second-order valence-electron chi connectivity index (χ2n) is 5.03. The summed E-state index contributed by atoms with van der Waals surface area (Å²) in [6.45, 7) is 4.69. The van der Waals surface area contributed by atoms with Gasteiger partial charge in [0, 0.05) is 16.2 Å². The summed E-state index contributed by atoms with van der Waals surface area (Å²) < 4.78 is 8.57. The van der Waals surface area contributed by atoms with Crippen molar-refractivity contribution in [3.05, 3.63) is 52.3 Å². The molecular formula is C17H16BrClN2O. The van der Waals surface area contributed by atoms with Crippen LogP contribution in [0.25, 0.3) is 16.9 Å². The maximum absolute atomic E-state index is 6.17. The highest BCUT2D eigenvalue weighted by Gasteiger charge is 2.14. The van der Waals surface area contributed by atoms with Crippen molar-refractivity contribution < 1.29 is 4.74 Å². The Kier molecular flexibility index (Phi) is 4.41. The van der Waals surface area contributed by atoms with Crippen LogP contribution in [0.2, 0.25) is 0 Å². The average molecular weight is 380 g/mol. The van der Waals surface area contributed by atoms with Gasteiger partial charge >= 0.3 is 0 Å². The Morgan fingerprint density at radius 1 is 1.27 bits per heavy atom. The monoisotopic (exact) mass is 378 g/mol. The molecule has 3 rings (SSSR count). The number of halogens is 2. The van der Waals surface area contributed by atoms with E-state index in [1.165, 1.54) is 0 Å². The van der Waals surface area contributed by atoms with Crippen molar-refractivity contribution in [3.8, 4) is 17.0 Å². The molecule has 0 aliphatic rings. The third kappa shape index (κ3) is 2.73. The Labute approximate surface area is 143 Å². The number of aryl methyl sites for hydroxylation is 1. The van der Waals surface area contributed by atoms with Crippen LogP contribution in [0.5, 0.6) is 5.75 Å². The van der Waals surface area contributed by atoms with Gasteiger partial charge in [-0.2, -0.15) is 0 Å². The number of benzene rings is 1. The van der Waals surface area contributed by atoms with E-state index in [0.717, 1.165) is 38.4 Å². The van der Waals surface area contributed by atoms with Gasteiger partial charge in [0.2, 0.25) is 0 Å². The summed E-state index contributed by atoms with van der Waals surface area (Å²) in [5.41, 5.74) is 4.99. The van der Waals surface area contributed by atoms with Crippen molar-refractivity contribution >= 4 is 33.2 Å². The fourth-order valence-corrected chi connectivity index (χ4v) is 3.02. The molecule has 0 atom stereocenters. The van der Waals surface area contributed by atoms with Crippen LogP contribution in [-0.2, 0) is 5.88 Å². The summed E-state index contributed by atoms with van der Waals surface area (Å²) in [7, 11) is 0. The molecule has 0 N–H and O–H groups in total. The standard InChI is InChI=1S/C17H16BrClN2O/c1-3-22-13-6-4-12(5-7-13)17-15(9-19)21-10-14(18)11(2)8-16(21)20-17/h4-8,10H,3,9H2,1-2H3. The van der Waals surface area contributed by atoms with Crippen LogP contribution in [0.4, 0.5) is 0 Å². The van der Waals surface area contributed by atoms with Gasteiger partial charge in [-0.15, -0.1) is 11.6 Å². The topological polar surface area (TPSA) is 26.5 Å². The van der Waals surface area contributed by atoms with Crippen LogP contribution < -0.4 is 4.74 Å². The van der Waals surface area contributed by atoms with Gasteiger partial charge in [-0.25, -0.2) is 4.98 Å². The first-order valence-corrected chi connectivity index (χ1v) is 8.43. The summed E-state index contributed by atoms with van der Waals surface area (Å²) in [5, 5.41) is 0. The van der Waals surface area contributed by atoms with Gasteiger partial charge in [0.15, 0.2) is 0 Å². The van der Waals surface area contributed by atoms with E-state index in [4.69, 9.17) is 21.3 Å². The highest BCUT2D eigenvalue weighted by Crippen LogP contribution is 2.29. The summed E-state index contributed by atoms with van der Waals surface area (Å²) in [4.78, 5) is 4.75. The lowest BCUT2D eigenvalue weighted by atomic mass is 10.1. The molecule has 0 fully saturated rings. The van der Waals surface area contributed by atoms with Gasteiger partial charge in [-0.05, 0) is 65.7 Å². The number of fused-ring (bicyclic) bond motifs is 1. The molecule has 0 amide bonds. The first kappa shape index (κ1) is 15.4. The highest BCUT2D eigenvalue weighted by molar-refractivity contribution is 9.10. The van der Waals surface area contributed by atoms with Crippen molar-refractivity contribution in [1.29, 1.82) is 0 Å². The largest absolute Gasteiger partial charge is 0.494 e. The molecule has 2 heterocycles. The van der Waals surface area contributed by atoms with Crippen molar-refractivity contribution in [1.82, 2.24) is 9.38 Å². The maximum Gasteiger partial charge on any atom is 0.138 e. The zero-order valence-electron chi connectivity index (χ0n) is 12.4. The van der Waals surface area contributed by atoms with Gasteiger partial charge in [0.1, 0.15) is 11.4 Å². The SMILES string of the molecule is CCOc1ccc(-c2nc3cc(C)c(Br)cn3c2CCl)cc1. The van der Waals surface area contributed by atoms with E-state index in [9.17, 15) is 0 Å². The van der Waals surface area contributed by atoms with Crippen LogP contribution >= 0.6 is 27.5 Å². The number of aromatic nitrogens is 2. The molecule has 0 aliphatic carbocycles. The zero-order valence-corrected chi connectivity index (χ0v) is 14.8. The number of imidazole rings is 1. The summed E-state index contributed by atoms with van der Waals surface area (Å²) in [6.07, 6.45) is 2.02. The first-order valence-electron chi connectivity index (χ1n) is 7.10. The smallest absolute Gasteiger partial charge is 0.138 e.